The van der Waals surface area contributed by atoms with Crippen LogP contribution in [0.15, 0.2) is 22.0 Å². The van der Waals surface area contributed by atoms with E-state index in [9.17, 15) is 0 Å². The molecule has 2 rings (SSSR count). The van der Waals surface area contributed by atoms with E-state index >= 15 is 0 Å². The average molecular weight is 308 g/mol. The Morgan fingerprint density at radius 3 is 2.86 bits per heavy atom. The molecule has 6 heteroatoms. The summed E-state index contributed by atoms with van der Waals surface area (Å²) in [4.78, 5) is 7.85. The van der Waals surface area contributed by atoms with Gasteiger partial charge in [0.1, 0.15) is 0 Å². The van der Waals surface area contributed by atoms with Crippen LogP contribution in [0.4, 0.5) is 0 Å². The average Bonchev–Trinajstić information content (AvgIpc) is 3.08. The molecular formula is C15H24N4OS. The van der Waals surface area contributed by atoms with Crippen LogP contribution in [-0.4, -0.2) is 34.7 Å². The molecule has 2 aromatic rings. The molecule has 0 radical (unpaired) electrons. The molecular weight excluding hydrogens is 284 g/mol. The molecule has 5 nitrogen and oxygen atoms in total. The van der Waals surface area contributed by atoms with E-state index in [0.29, 0.717) is 19.0 Å². The van der Waals surface area contributed by atoms with Crippen molar-refractivity contribution in [3.63, 3.8) is 0 Å². The lowest BCUT2D eigenvalue weighted by Crippen LogP contribution is -2.39. The van der Waals surface area contributed by atoms with Crippen molar-refractivity contribution in [2.45, 2.75) is 33.7 Å². The second kappa shape index (κ2) is 7.15. The van der Waals surface area contributed by atoms with E-state index in [1.165, 1.54) is 0 Å². The molecule has 0 saturated carbocycles. The summed E-state index contributed by atoms with van der Waals surface area (Å²) in [5, 5.41) is 6.10. The van der Waals surface area contributed by atoms with Gasteiger partial charge in [0.15, 0.2) is 5.82 Å². The Bertz CT molecular complexity index is 536. The van der Waals surface area contributed by atoms with Crippen LogP contribution in [0.3, 0.4) is 0 Å². The Kier molecular flexibility index (Phi) is 5.50. The normalized spacial score (nSPS) is 12.2. The van der Waals surface area contributed by atoms with Gasteiger partial charge in [-0.2, -0.15) is 4.98 Å². The van der Waals surface area contributed by atoms with Crippen molar-refractivity contribution in [2.24, 2.45) is 11.1 Å². The fourth-order valence-corrected chi connectivity index (χ4v) is 2.86. The lowest BCUT2D eigenvalue weighted by molar-refractivity contribution is 0.171. The van der Waals surface area contributed by atoms with Crippen LogP contribution in [0.25, 0.3) is 10.8 Å². The van der Waals surface area contributed by atoms with Gasteiger partial charge in [0, 0.05) is 6.54 Å². The summed E-state index contributed by atoms with van der Waals surface area (Å²) in [5.74, 6) is 1.34. The van der Waals surface area contributed by atoms with Gasteiger partial charge in [0.2, 0.25) is 0 Å². The van der Waals surface area contributed by atoms with Gasteiger partial charge in [-0.25, -0.2) is 0 Å². The van der Waals surface area contributed by atoms with Crippen molar-refractivity contribution >= 4 is 11.3 Å². The van der Waals surface area contributed by atoms with Gasteiger partial charge >= 0.3 is 0 Å². The van der Waals surface area contributed by atoms with Crippen molar-refractivity contribution in [3.05, 3.63) is 23.3 Å². The summed E-state index contributed by atoms with van der Waals surface area (Å²) < 4.78 is 5.34. The zero-order valence-electron chi connectivity index (χ0n) is 13.0. The third-order valence-electron chi connectivity index (χ3n) is 3.31. The monoisotopic (exact) mass is 308 g/mol. The van der Waals surface area contributed by atoms with Crippen LogP contribution in [0, 0.1) is 5.41 Å². The summed E-state index contributed by atoms with van der Waals surface area (Å²) >= 11 is 1.61. The number of hydrogen-bond acceptors (Lipinski definition) is 6. The SMILES string of the molecule is CCCN(Cc1noc(-c2cccs2)n1)CC(C)(C)CN. The van der Waals surface area contributed by atoms with E-state index < -0.39 is 0 Å². The molecule has 0 spiro atoms. The molecule has 0 atom stereocenters. The summed E-state index contributed by atoms with van der Waals surface area (Å²) in [6, 6.07) is 3.97. The van der Waals surface area contributed by atoms with Gasteiger partial charge in [0.05, 0.1) is 11.4 Å². The lowest BCUT2D eigenvalue weighted by atomic mass is 9.93. The topological polar surface area (TPSA) is 68.2 Å². The number of rotatable bonds is 8. The van der Waals surface area contributed by atoms with Crippen molar-refractivity contribution in [2.75, 3.05) is 19.6 Å². The maximum absolute atomic E-state index is 5.84. The molecule has 0 unspecified atom stereocenters. The highest BCUT2D eigenvalue weighted by Gasteiger charge is 2.21. The predicted molar refractivity (Wildman–Crippen MR) is 86.0 cm³/mol. The number of nitrogens with zero attached hydrogens (tertiary/aromatic N) is 3. The van der Waals surface area contributed by atoms with Crippen LogP contribution < -0.4 is 5.73 Å². The second-order valence-corrected chi connectivity index (χ2v) is 7.02. The largest absolute Gasteiger partial charge is 0.333 e. The van der Waals surface area contributed by atoms with Gasteiger partial charge in [-0.15, -0.1) is 11.3 Å². The highest BCUT2D eigenvalue weighted by molar-refractivity contribution is 7.13. The van der Waals surface area contributed by atoms with Crippen molar-refractivity contribution < 1.29 is 4.52 Å². The highest BCUT2D eigenvalue weighted by Crippen LogP contribution is 2.23. The molecule has 0 saturated heterocycles. The molecule has 0 bridgehead atoms. The van der Waals surface area contributed by atoms with Gasteiger partial charge in [-0.3, -0.25) is 4.90 Å². The van der Waals surface area contributed by atoms with Gasteiger partial charge in [-0.1, -0.05) is 32.0 Å². The third kappa shape index (κ3) is 4.62. The van der Waals surface area contributed by atoms with Crippen molar-refractivity contribution in [1.82, 2.24) is 15.0 Å². The molecule has 0 amide bonds. The Labute approximate surface area is 130 Å². The number of aromatic nitrogens is 2. The van der Waals surface area contributed by atoms with Gasteiger partial charge < -0.3 is 10.3 Å². The van der Waals surface area contributed by atoms with Crippen LogP contribution in [0.1, 0.15) is 33.0 Å². The molecule has 2 aromatic heterocycles. The first-order valence-electron chi connectivity index (χ1n) is 7.33. The molecule has 0 aliphatic heterocycles. The quantitative estimate of drug-likeness (QED) is 0.812. The Hall–Kier alpha value is -1.24. The molecule has 0 fully saturated rings. The summed E-state index contributed by atoms with van der Waals surface area (Å²) in [5.41, 5.74) is 5.93. The van der Waals surface area contributed by atoms with E-state index in [1.807, 2.05) is 17.5 Å². The Morgan fingerprint density at radius 2 is 2.24 bits per heavy atom. The molecule has 0 aliphatic carbocycles. The first-order valence-corrected chi connectivity index (χ1v) is 8.21. The van der Waals surface area contributed by atoms with E-state index in [-0.39, 0.29) is 5.41 Å². The molecule has 0 aliphatic rings. The zero-order valence-corrected chi connectivity index (χ0v) is 13.8. The number of thiophene rings is 1. The first-order chi connectivity index (χ1) is 10.0. The van der Waals surface area contributed by atoms with Crippen LogP contribution in [0.5, 0.6) is 0 Å². The Balaban J connectivity index is 2.03. The lowest BCUT2D eigenvalue weighted by Gasteiger charge is -2.30. The van der Waals surface area contributed by atoms with E-state index in [0.717, 1.165) is 30.2 Å². The molecule has 2 heterocycles. The number of hydrogen-bond donors (Lipinski definition) is 1. The summed E-state index contributed by atoms with van der Waals surface area (Å²) in [6.45, 7) is 9.85. The molecule has 21 heavy (non-hydrogen) atoms. The standard InChI is InChI=1S/C15H24N4OS/c1-4-7-19(11-15(2,3)10-16)9-13-17-14(20-18-13)12-6-5-8-21-12/h5-6,8H,4,7,9-11,16H2,1-3H3. The fourth-order valence-electron chi connectivity index (χ4n) is 2.22. The maximum Gasteiger partial charge on any atom is 0.268 e. The number of nitrogens with two attached hydrogens (primary N) is 1. The van der Waals surface area contributed by atoms with Gasteiger partial charge in [-0.05, 0) is 36.4 Å². The van der Waals surface area contributed by atoms with E-state index in [2.05, 4.69) is 35.8 Å². The fraction of sp³-hybridized carbons (Fsp3) is 0.600. The first kappa shape index (κ1) is 16.1. The smallest absolute Gasteiger partial charge is 0.268 e. The van der Waals surface area contributed by atoms with Crippen LogP contribution >= 0.6 is 11.3 Å². The summed E-state index contributed by atoms with van der Waals surface area (Å²) in [7, 11) is 0. The minimum absolute atomic E-state index is 0.0927. The Morgan fingerprint density at radius 1 is 1.43 bits per heavy atom. The molecule has 2 N–H and O–H groups in total. The van der Waals surface area contributed by atoms with Crippen molar-refractivity contribution in [1.29, 1.82) is 0 Å². The van der Waals surface area contributed by atoms with Crippen LogP contribution in [-0.2, 0) is 6.54 Å². The minimum Gasteiger partial charge on any atom is -0.333 e. The zero-order chi connectivity index (χ0) is 15.3. The third-order valence-corrected chi connectivity index (χ3v) is 4.17. The molecule has 0 aromatic carbocycles. The second-order valence-electron chi connectivity index (χ2n) is 6.07. The van der Waals surface area contributed by atoms with Crippen LogP contribution in [0.2, 0.25) is 0 Å². The highest BCUT2D eigenvalue weighted by atomic mass is 32.1. The maximum atomic E-state index is 5.84. The van der Waals surface area contributed by atoms with E-state index in [1.54, 1.807) is 11.3 Å². The summed E-state index contributed by atoms with van der Waals surface area (Å²) in [6.07, 6.45) is 1.09. The van der Waals surface area contributed by atoms with Crippen molar-refractivity contribution in [3.8, 4) is 10.8 Å². The minimum atomic E-state index is 0.0927. The predicted octanol–water partition coefficient (Wildman–Crippen LogP) is 3.00. The van der Waals surface area contributed by atoms with Gasteiger partial charge in [0.25, 0.3) is 5.89 Å². The molecule has 116 valence electrons. The van der Waals surface area contributed by atoms with E-state index in [4.69, 9.17) is 10.3 Å².